The number of hydrogen-bond acceptors (Lipinski definition) is 3. The van der Waals surface area contributed by atoms with Crippen LogP contribution in [0.4, 0.5) is 10.5 Å². The average Bonchev–Trinajstić information content (AvgIpc) is 2.55. The molecule has 0 atom stereocenters. The summed E-state index contributed by atoms with van der Waals surface area (Å²) in [5, 5.41) is 14.3. The molecule has 0 spiro atoms. The van der Waals surface area contributed by atoms with Gasteiger partial charge in [-0.3, -0.25) is 4.98 Å². The minimum atomic E-state index is -0.984. The highest BCUT2D eigenvalue weighted by Gasteiger charge is 2.36. The fraction of sp³-hybridized carbons (Fsp3) is 0.333. The molecule has 3 rings (SSSR count). The number of rotatable bonds is 2. The molecule has 2 heterocycles. The molecule has 0 bridgehead atoms. The number of carbonyl (C=O) groups is 1. The van der Waals surface area contributed by atoms with Crippen molar-refractivity contribution < 1.29 is 9.90 Å². The largest absolute Gasteiger partial charge is 0.385 e. The van der Waals surface area contributed by atoms with Crippen molar-refractivity contribution >= 4 is 23.3 Å². The van der Waals surface area contributed by atoms with Gasteiger partial charge in [-0.15, -0.1) is 0 Å². The van der Waals surface area contributed by atoms with Gasteiger partial charge >= 0.3 is 6.03 Å². The van der Waals surface area contributed by atoms with Crippen molar-refractivity contribution in [1.29, 1.82) is 0 Å². The quantitative estimate of drug-likeness (QED) is 0.874. The lowest BCUT2D eigenvalue weighted by Gasteiger charge is -2.38. The Kier molecular flexibility index (Phi) is 4.73. The molecule has 0 radical (unpaired) electrons. The second-order valence-electron chi connectivity index (χ2n) is 6.11. The topological polar surface area (TPSA) is 65.5 Å². The van der Waals surface area contributed by atoms with E-state index in [0.29, 0.717) is 31.0 Å². The van der Waals surface area contributed by atoms with Crippen molar-refractivity contribution in [3.05, 3.63) is 58.9 Å². The SMILES string of the molecule is Cc1cc(NC(=O)N2CCC(O)(c3ccccc3Cl)CC2)ccn1. The molecule has 2 amide bonds. The smallest absolute Gasteiger partial charge is 0.321 e. The summed E-state index contributed by atoms with van der Waals surface area (Å²) in [5.74, 6) is 0. The maximum Gasteiger partial charge on any atom is 0.321 e. The number of benzene rings is 1. The summed E-state index contributed by atoms with van der Waals surface area (Å²) in [6, 6.07) is 10.7. The molecule has 2 N–H and O–H groups in total. The number of halogens is 1. The minimum absolute atomic E-state index is 0.165. The van der Waals surface area contributed by atoms with E-state index in [4.69, 9.17) is 11.6 Å². The maximum absolute atomic E-state index is 12.4. The maximum atomic E-state index is 12.4. The second kappa shape index (κ2) is 6.79. The van der Waals surface area contributed by atoms with E-state index in [2.05, 4.69) is 10.3 Å². The summed E-state index contributed by atoms with van der Waals surface area (Å²) < 4.78 is 0. The summed E-state index contributed by atoms with van der Waals surface area (Å²) in [7, 11) is 0. The highest BCUT2D eigenvalue weighted by molar-refractivity contribution is 6.31. The molecule has 1 aliphatic heterocycles. The van der Waals surface area contributed by atoms with Crippen molar-refractivity contribution in [3.8, 4) is 0 Å². The summed E-state index contributed by atoms with van der Waals surface area (Å²) in [5.41, 5.74) is 1.32. The number of likely N-dealkylation sites (tertiary alicyclic amines) is 1. The third-order valence-corrected chi connectivity index (χ3v) is 4.73. The first-order chi connectivity index (χ1) is 11.5. The van der Waals surface area contributed by atoms with Crippen LogP contribution >= 0.6 is 11.6 Å². The summed E-state index contributed by atoms with van der Waals surface area (Å²) in [4.78, 5) is 18.2. The molecule has 0 unspecified atom stereocenters. The van der Waals surface area contributed by atoms with Crippen molar-refractivity contribution in [2.75, 3.05) is 18.4 Å². The number of nitrogens with one attached hydrogen (secondary N) is 1. The Bertz CT molecular complexity index is 743. The molecule has 24 heavy (non-hydrogen) atoms. The number of urea groups is 1. The molecule has 5 nitrogen and oxygen atoms in total. The molecular weight excluding hydrogens is 326 g/mol. The van der Waals surface area contributed by atoms with Gasteiger partial charge in [0, 0.05) is 41.3 Å². The summed E-state index contributed by atoms with van der Waals surface area (Å²) in [6.45, 7) is 2.81. The highest BCUT2D eigenvalue weighted by atomic mass is 35.5. The van der Waals surface area contributed by atoms with Gasteiger partial charge in [-0.25, -0.2) is 4.79 Å². The molecule has 2 aromatic rings. The molecule has 1 aliphatic rings. The lowest BCUT2D eigenvalue weighted by atomic mass is 9.84. The van der Waals surface area contributed by atoms with E-state index in [1.807, 2.05) is 31.2 Å². The number of aromatic nitrogens is 1. The van der Waals surface area contributed by atoms with Crippen LogP contribution in [-0.4, -0.2) is 34.1 Å². The second-order valence-corrected chi connectivity index (χ2v) is 6.52. The predicted octanol–water partition coefficient (Wildman–Crippen LogP) is 3.56. The third-order valence-electron chi connectivity index (χ3n) is 4.40. The number of anilines is 1. The lowest BCUT2D eigenvalue weighted by molar-refractivity contribution is -0.0156. The van der Waals surface area contributed by atoms with Crippen LogP contribution in [0.15, 0.2) is 42.6 Å². The Morgan fingerprint density at radius 1 is 1.29 bits per heavy atom. The molecule has 1 aromatic heterocycles. The monoisotopic (exact) mass is 345 g/mol. The molecule has 0 saturated carbocycles. The number of nitrogens with zero attached hydrogens (tertiary/aromatic N) is 2. The zero-order chi connectivity index (χ0) is 17.2. The van der Waals surface area contributed by atoms with Crippen LogP contribution in [0, 0.1) is 6.92 Å². The highest BCUT2D eigenvalue weighted by Crippen LogP contribution is 2.36. The molecular formula is C18H20ClN3O2. The molecule has 1 saturated heterocycles. The summed E-state index contributed by atoms with van der Waals surface area (Å²) in [6.07, 6.45) is 2.58. The lowest BCUT2D eigenvalue weighted by Crippen LogP contribution is -2.46. The zero-order valence-electron chi connectivity index (χ0n) is 13.5. The van der Waals surface area contributed by atoms with E-state index in [-0.39, 0.29) is 6.03 Å². The average molecular weight is 346 g/mol. The minimum Gasteiger partial charge on any atom is -0.385 e. The van der Waals surface area contributed by atoms with E-state index in [1.165, 1.54) is 0 Å². The van der Waals surface area contributed by atoms with Crippen LogP contribution in [0.2, 0.25) is 5.02 Å². The van der Waals surface area contributed by atoms with Gasteiger partial charge in [0.25, 0.3) is 0 Å². The molecule has 6 heteroatoms. The van der Waals surface area contributed by atoms with Gasteiger partial charge < -0.3 is 15.3 Å². The first-order valence-electron chi connectivity index (χ1n) is 7.94. The normalized spacial score (nSPS) is 16.7. The number of aliphatic hydroxyl groups is 1. The van der Waals surface area contributed by atoms with Crippen molar-refractivity contribution in [2.45, 2.75) is 25.4 Å². The number of amides is 2. The number of carbonyl (C=O) groups excluding carboxylic acids is 1. The molecule has 1 aromatic carbocycles. The van der Waals surface area contributed by atoms with Crippen molar-refractivity contribution in [1.82, 2.24) is 9.88 Å². The zero-order valence-corrected chi connectivity index (χ0v) is 14.3. The van der Waals surface area contributed by atoms with Crippen molar-refractivity contribution in [2.24, 2.45) is 0 Å². The van der Waals surface area contributed by atoms with Gasteiger partial charge in [-0.1, -0.05) is 29.8 Å². The van der Waals surface area contributed by atoms with E-state index in [0.717, 1.165) is 16.9 Å². The van der Waals surface area contributed by atoms with Crippen LogP contribution in [-0.2, 0) is 5.60 Å². The van der Waals surface area contributed by atoms with Crippen LogP contribution < -0.4 is 5.32 Å². The van der Waals surface area contributed by atoms with E-state index >= 15 is 0 Å². The van der Waals surface area contributed by atoms with Crippen LogP contribution in [0.25, 0.3) is 0 Å². The van der Waals surface area contributed by atoms with Crippen LogP contribution in [0.3, 0.4) is 0 Å². The Hall–Kier alpha value is -2.11. The van der Waals surface area contributed by atoms with Gasteiger partial charge in [0.15, 0.2) is 0 Å². The Morgan fingerprint density at radius 3 is 2.67 bits per heavy atom. The molecule has 1 fully saturated rings. The van der Waals surface area contributed by atoms with Gasteiger partial charge in [0.1, 0.15) is 0 Å². The fourth-order valence-corrected chi connectivity index (χ4v) is 3.33. The summed E-state index contributed by atoms with van der Waals surface area (Å²) >= 11 is 6.21. The van der Waals surface area contributed by atoms with Gasteiger partial charge in [-0.2, -0.15) is 0 Å². The van der Waals surface area contributed by atoms with Gasteiger partial charge in [0.2, 0.25) is 0 Å². The Labute approximate surface area is 146 Å². The number of pyridine rings is 1. The van der Waals surface area contributed by atoms with Crippen molar-refractivity contribution in [3.63, 3.8) is 0 Å². The van der Waals surface area contributed by atoms with Crippen LogP contribution in [0.1, 0.15) is 24.1 Å². The Morgan fingerprint density at radius 2 is 2.00 bits per heavy atom. The van der Waals surface area contributed by atoms with E-state index < -0.39 is 5.60 Å². The molecule has 126 valence electrons. The molecule has 0 aliphatic carbocycles. The number of aryl methyl sites for hydroxylation is 1. The van der Waals surface area contributed by atoms with Gasteiger partial charge in [-0.05, 0) is 38.0 Å². The van der Waals surface area contributed by atoms with E-state index in [1.54, 1.807) is 23.2 Å². The number of piperidine rings is 1. The fourth-order valence-electron chi connectivity index (χ4n) is 3.01. The Balaban J connectivity index is 1.64. The number of hydrogen-bond donors (Lipinski definition) is 2. The third kappa shape index (κ3) is 3.52. The first-order valence-corrected chi connectivity index (χ1v) is 8.32. The van der Waals surface area contributed by atoms with Gasteiger partial charge in [0.05, 0.1) is 5.60 Å². The predicted molar refractivity (Wildman–Crippen MR) is 94.1 cm³/mol. The van der Waals surface area contributed by atoms with E-state index in [9.17, 15) is 9.90 Å². The van der Waals surface area contributed by atoms with Crippen LogP contribution in [0.5, 0.6) is 0 Å². The standard InChI is InChI=1S/C18H20ClN3O2/c1-13-12-14(6-9-20-13)21-17(23)22-10-7-18(24,8-11-22)15-4-2-3-5-16(15)19/h2-6,9,12,24H,7-8,10-11H2,1H3,(H,20,21,23). The first kappa shape index (κ1) is 16.7.